The maximum atomic E-state index is 12.5. The van der Waals surface area contributed by atoms with E-state index in [0.717, 1.165) is 19.3 Å². The molecule has 0 aliphatic rings. The Morgan fingerprint density at radius 1 is 0.585 bits per heavy atom. The highest BCUT2D eigenvalue weighted by Gasteiger charge is 2.26. The van der Waals surface area contributed by atoms with Crippen molar-refractivity contribution < 1.29 is 37.3 Å². The van der Waals surface area contributed by atoms with Crippen molar-refractivity contribution in [3.8, 4) is 0 Å². The standard InChI is InChI=1S/C44H80NO7P/c1-6-8-10-12-14-16-18-20-22-23-24-25-27-29-31-33-35-37-44(46)52-43(42-51-53(47,48)50-40-38-45(3,4)5)41-49-39-36-34-32-30-28-26-21-19-17-15-13-11-9-7-2/h22-25,27,29,31,33,35,37,43H,6-21,26,28,30,32,34,36,38-42H2,1-5H3/p+1/b23-22-,25-24-,29-27-,33-31-,37-35+/t43-/m1/s1. The van der Waals surface area contributed by atoms with Crippen LogP contribution in [0.2, 0.25) is 0 Å². The summed E-state index contributed by atoms with van der Waals surface area (Å²) in [5.41, 5.74) is 0. The van der Waals surface area contributed by atoms with Crippen LogP contribution in [-0.2, 0) is 27.9 Å². The fraction of sp³-hybridized carbons (Fsp3) is 0.750. The number of hydrogen-bond acceptors (Lipinski definition) is 6. The SMILES string of the molecule is CCCCCCCCC\C=C/C=C\C=C/C=C\C=C\C(=O)O[C@H](COCCCCCCCCCCCCCCCC)COP(=O)(O)OCC[N+](C)(C)C. The Bertz CT molecular complexity index is 1030. The second kappa shape index (κ2) is 37.1. The monoisotopic (exact) mass is 767 g/mol. The molecule has 53 heavy (non-hydrogen) atoms. The predicted octanol–water partition coefficient (Wildman–Crippen LogP) is 12.2. The lowest BCUT2D eigenvalue weighted by atomic mass is 10.0. The second-order valence-electron chi connectivity index (χ2n) is 15.2. The first-order valence-electron chi connectivity index (χ1n) is 21.1. The summed E-state index contributed by atoms with van der Waals surface area (Å²) in [7, 11) is 1.58. The summed E-state index contributed by atoms with van der Waals surface area (Å²) < 4.78 is 34.7. The van der Waals surface area contributed by atoms with Gasteiger partial charge in [-0.25, -0.2) is 9.36 Å². The van der Waals surface area contributed by atoms with Crippen molar-refractivity contribution in [2.45, 2.75) is 161 Å². The average molecular weight is 767 g/mol. The molecule has 0 bridgehead atoms. The summed E-state index contributed by atoms with van der Waals surface area (Å²) in [6.45, 7) is 5.39. The van der Waals surface area contributed by atoms with Crippen molar-refractivity contribution in [2.75, 3.05) is 54.1 Å². The van der Waals surface area contributed by atoms with Crippen LogP contribution in [0.3, 0.4) is 0 Å². The summed E-state index contributed by atoms with van der Waals surface area (Å²) in [6, 6.07) is 0. The minimum atomic E-state index is -4.31. The average Bonchev–Trinajstić information content (AvgIpc) is 3.11. The minimum Gasteiger partial charge on any atom is -0.454 e. The Kier molecular flexibility index (Phi) is 35.9. The van der Waals surface area contributed by atoms with E-state index in [1.165, 1.54) is 128 Å². The lowest BCUT2D eigenvalue weighted by molar-refractivity contribution is -0.870. The number of rotatable bonds is 38. The van der Waals surface area contributed by atoms with Crippen LogP contribution in [0.1, 0.15) is 155 Å². The number of phosphoric ester groups is 1. The zero-order valence-electron chi connectivity index (χ0n) is 34.7. The largest absolute Gasteiger partial charge is 0.472 e. The fourth-order valence-electron chi connectivity index (χ4n) is 5.49. The molecule has 0 saturated heterocycles. The van der Waals surface area contributed by atoms with E-state index in [-0.39, 0.29) is 19.8 Å². The van der Waals surface area contributed by atoms with Gasteiger partial charge in [-0.15, -0.1) is 0 Å². The minimum absolute atomic E-state index is 0.0622. The first-order chi connectivity index (χ1) is 25.6. The van der Waals surface area contributed by atoms with E-state index < -0.39 is 19.9 Å². The van der Waals surface area contributed by atoms with Crippen molar-refractivity contribution in [1.82, 2.24) is 0 Å². The number of likely N-dealkylation sites (N-methyl/N-ethyl adjacent to an activating group) is 1. The van der Waals surface area contributed by atoms with Gasteiger partial charge in [0.1, 0.15) is 19.3 Å². The molecule has 0 radical (unpaired) electrons. The summed E-state index contributed by atoms with van der Waals surface area (Å²) in [5, 5.41) is 0. The Labute approximate surface area is 326 Å². The molecule has 1 N–H and O–H groups in total. The van der Waals surface area contributed by atoms with Gasteiger partial charge in [-0.05, 0) is 19.3 Å². The molecule has 0 aromatic carbocycles. The van der Waals surface area contributed by atoms with Gasteiger partial charge in [0, 0.05) is 12.7 Å². The molecule has 0 saturated carbocycles. The van der Waals surface area contributed by atoms with E-state index in [0.29, 0.717) is 17.6 Å². The molecule has 0 aromatic rings. The van der Waals surface area contributed by atoms with Crippen LogP contribution in [0.15, 0.2) is 60.8 Å². The molecule has 0 fully saturated rings. The first-order valence-corrected chi connectivity index (χ1v) is 22.6. The zero-order chi connectivity index (χ0) is 39.1. The van der Waals surface area contributed by atoms with Gasteiger partial charge >= 0.3 is 13.8 Å². The number of unbranched alkanes of at least 4 members (excludes halogenated alkanes) is 20. The van der Waals surface area contributed by atoms with Crippen LogP contribution in [-0.4, -0.2) is 75.6 Å². The summed E-state index contributed by atoms with van der Waals surface area (Å²) in [5.74, 6) is -0.586. The molecule has 1 unspecified atom stereocenters. The van der Waals surface area contributed by atoms with E-state index in [1.807, 2.05) is 51.5 Å². The number of ether oxygens (including phenoxy) is 2. The first kappa shape index (κ1) is 51.2. The van der Waals surface area contributed by atoms with Gasteiger partial charge in [-0.2, -0.15) is 0 Å². The fourth-order valence-corrected chi connectivity index (χ4v) is 6.23. The van der Waals surface area contributed by atoms with Gasteiger partial charge in [-0.1, -0.05) is 191 Å². The van der Waals surface area contributed by atoms with Gasteiger partial charge in [0.05, 0.1) is 34.4 Å². The molecule has 308 valence electrons. The molecule has 2 atom stereocenters. The zero-order valence-corrected chi connectivity index (χ0v) is 35.6. The number of hydrogen-bond donors (Lipinski definition) is 1. The lowest BCUT2D eigenvalue weighted by Gasteiger charge is -2.24. The smallest absolute Gasteiger partial charge is 0.454 e. The van der Waals surface area contributed by atoms with Gasteiger partial charge < -0.3 is 18.9 Å². The molecule has 0 spiro atoms. The van der Waals surface area contributed by atoms with Crippen molar-refractivity contribution in [1.29, 1.82) is 0 Å². The highest BCUT2D eigenvalue weighted by Crippen LogP contribution is 2.43. The third-order valence-corrected chi connectivity index (χ3v) is 9.77. The van der Waals surface area contributed by atoms with Gasteiger partial charge in [0.2, 0.25) is 0 Å². The normalized spacial score (nSPS) is 14.5. The predicted molar refractivity (Wildman–Crippen MR) is 224 cm³/mol. The second-order valence-corrected chi connectivity index (χ2v) is 16.6. The molecule has 0 rings (SSSR count). The lowest BCUT2D eigenvalue weighted by Crippen LogP contribution is -2.37. The van der Waals surface area contributed by atoms with Crippen LogP contribution in [0.5, 0.6) is 0 Å². The van der Waals surface area contributed by atoms with Crippen LogP contribution in [0, 0.1) is 0 Å². The van der Waals surface area contributed by atoms with E-state index in [1.54, 1.807) is 12.2 Å². The Morgan fingerprint density at radius 3 is 1.55 bits per heavy atom. The number of allylic oxidation sites excluding steroid dienone is 9. The molecule has 0 aliphatic carbocycles. The molecule has 0 amide bonds. The van der Waals surface area contributed by atoms with Gasteiger partial charge in [-0.3, -0.25) is 9.05 Å². The molecule has 0 aliphatic heterocycles. The van der Waals surface area contributed by atoms with Crippen LogP contribution in [0.4, 0.5) is 0 Å². The third kappa shape index (κ3) is 41.2. The van der Waals surface area contributed by atoms with Crippen molar-refractivity contribution in [3.05, 3.63) is 60.8 Å². The third-order valence-electron chi connectivity index (χ3n) is 8.79. The Hall–Kier alpha value is -1.80. The number of nitrogens with zero attached hydrogens (tertiary/aromatic N) is 1. The molecule has 8 nitrogen and oxygen atoms in total. The highest BCUT2D eigenvalue weighted by atomic mass is 31.2. The molecule has 0 aromatic heterocycles. The quantitative estimate of drug-likeness (QED) is 0.0167. The number of quaternary nitrogens is 1. The maximum absolute atomic E-state index is 12.5. The number of esters is 1. The summed E-state index contributed by atoms with van der Waals surface area (Å²) >= 11 is 0. The molecule has 9 heteroatoms. The Balaban J connectivity index is 4.49. The summed E-state index contributed by atoms with van der Waals surface area (Å²) in [4.78, 5) is 22.7. The van der Waals surface area contributed by atoms with Crippen LogP contribution < -0.4 is 0 Å². The number of carbonyl (C=O) groups is 1. The highest BCUT2D eigenvalue weighted by molar-refractivity contribution is 7.47. The van der Waals surface area contributed by atoms with E-state index >= 15 is 0 Å². The van der Waals surface area contributed by atoms with Gasteiger partial charge in [0.25, 0.3) is 0 Å². The molecular weight excluding hydrogens is 685 g/mol. The molecular formula is C44H81NO7P+. The summed E-state index contributed by atoms with van der Waals surface area (Å²) in [6.07, 6.45) is 46.1. The van der Waals surface area contributed by atoms with Crippen LogP contribution >= 0.6 is 7.82 Å². The molecule has 0 heterocycles. The Morgan fingerprint density at radius 2 is 1.04 bits per heavy atom. The van der Waals surface area contributed by atoms with E-state index in [4.69, 9.17) is 18.5 Å². The maximum Gasteiger partial charge on any atom is 0.472 e. The van der Waals surface area contributed by atoms with E-state index in [2.05, 4.69) is 26.0 Å². The van der Waals surface area contributed by atoms with E-state index in [9.17, 15) is 14.3 Å². The number of phosphoric acid groups is 1. The topological polar surface area (TPSA) is 91.3 Å². The van der Waals surface area contributed by atoms with Crippen molar-refractivity contribution in [3.63, 3.8) is 0 Å². The van der Waals surface area contributed by atoms with Crippen LogP contribution in [0.25, 0.3) is 0 Å². The van der Waals surface area contributed by atoms with Crippen molar-refractivity contribution in [2.24, 2.45) is 0 Å². The van der Waals surface area contributed by atoms with Gasteiger partial charge in [0.15, 0.2) is 0 Å². The van der Waals surface area contributed by atoms with Crippen molar-refractivity contribution >= 4 is 13.8 Å². The number of carbonyl (C=O) groups excluding carboxylic acids is 1.